The van der Waals surface area contributed by atoms with Crippen LogP contribution in [0.4, 0.5) is 4.79 Å². The molecule has 2 saturated heterocycles. The Morgan fingerprint density at radius 3 is 2.86 bits per heavy atom. The Labute approximate surface area is 83.2 Å². The van der Waals surface area contributed by atoms with E-state index in [2.05, 4.69) is 0 Å². The van der Waals surface area contributed by atoms with Crippen molar-refractivity contribution in [2.45, 2.75) is 32.2 Å². The zero-order chi connectivity index (χ0) is 10.1. The van der Waals surface area contributed by atoms with Gasteiger partial charge in [0.1, 0.15) is 5.78 Å². The minimum Gasteiger partial charge on any atom is -0.450 e. The largest absolute Gasteiger partial charge is 0.450 e. The molecule has 3 rings (SSSR count). The van der Waals surface area contributed by atoms with Crippen molar-refractivity contribution in [2.24, 2.45) is 5.92 Å². The summed E-state index contributed by atoms with van der Waals surface area (Å²) in [6.07, 6.45) is 2.17. The average Bonchev–Trinajstić information content (AvgIpc) is 2.18. The zero-order valence-corrected chi connectivity index (χ0v) is 8.36. The highest BCUT2D eigenvalue weighted by molar-refractivity contribution is 5.85. The van der Waals surface area contributed by atoms with Crippen LogP contribution in [0.1, 0.15) is 26.2 Å². The molecule has 2 heterocycles. The van der Waals surface area contributed by atoms with Gasteiger partial charge in [-0.15, -0.1) is 0 Å². The first kappa shape index (κ1) is 9.49. The first-order valence-electron chi connectivity index (χ1n) is 5.18. The van der Waals surface area contributed by atoms with Gasteiger partial charge in [-0.2, -0.15) is 0 Å². The number of rotatable bonds is 1. The molecule has 2 bridgehead atoms. The quantitative estimate of drug-likeness (QED) is 0.634. The molecule has 0 spiro atoms. The van der Waals surface area contributed by atoms with Gasteiger partial charge in [0.25, 0.3) is 0 Å². The summed E-state index contributed by atoms with van der Waals surface area (Å²) >= 11 is 0. The number of ketones is 1. The summed E-state index contributed by atoms with van der Waals surface area (Å²) in [4.78, 5) is 24.6. The van der Waals surface area contributed by atoms with Gasteiger partial charge in [0.15, 0.2) is 0 Å². The van der Waals surface area contributed by atoms with E-state index in [-0.39, 0.29) is 18.1 Å². The summed E-state index contributed by atoms with van der Waals surface area (Å²) in [7, 11) is 0. The third-order valence-electron chi connectivity index (χ3n) is 3.10. The van der Waals surface area contributed by atoms with Gasteiger partial charge in [-0.05, 0) is 19.8 Å². The van der Waals surface area contributed by atoms with Crippen LogP contribution in [0.25, 0.3) is 0 Å². The van der Waals surface area contributed by atoms with Gasteiger partial charge in [0.05, 0.1) is 6.61 Å². The molecule has 1 saturated carbocycles. The van der Waals surface area contributed by atoms with Crippen molar-refractivity contribution >= 4 is 11.9 Å². The molecule has 1 amide bonds. The minimum absolute atomic E-state index is 0.0735. The highest BCUT2D eigenvalue weighted by atomic mass is 16.6. The fourth-order valence-electron chi connectivity index (χ4n) is 2.33. The summed E-state index contributed by atoms with van der Waals surface area (Å²) in [5, 5.41) is 0. The SMILES string of the molecule is CCOC(=O)N1C[C@@H]2CC[C@H]1CC2=O. The Balaban J connectivity index is 2.03. The number of fused-ring (bicyclic) bond motifs is 3. The van der Waals surface area contributed by atoms with E-state index in [1.165, 1.54) is 0 Å². The molecule has 4 heteroatoms. The maximum absolute atomic E-state index is 11.5. The Morgan fingerprint density at radius 1 is 1.57 bits per heavy atom. The number of ether oxygens (including phenoxy) is 1. The van der Waals surface area contributed by atoms with Crippen LogP contribution in [0.15, 0.2) is 0 Å². The summed E-state index contributed by atoms with van der Waals surface area (Å²) < 4.78 is 4.94. The number of piperidine rings is 2. The van der Waals surface area contributed by atoms with Gasteiger partial charge in [-0.25, -0.2) is 4.79 Å². The molecule has 0 N–H and O–H groups in total. The van der Waals surface area contributed by atoms with Crippen LogP contribution in [0.5, 0.6) is 0 Å². The predicted octanol–water partition coefficient (Wildman–Crippen LogP) is 1.20. The van der Waals surface area contributed by atoms with E-state index in [9.17, 15) is 9.59 Å². The van der Waals surface area contributed by atoms with Crippen LogP contribution in [0.2, 0.25) is 0 Å². The molecule has 0 aromatic rings. The van der Waals surface area contributed by atoms with E-state index in [0.717, 1.165) is 12.8 Å². The maximum atomic E-state index is 11.5. The molecule has 0 radical (unpaired) electrons. The highest BCUT2D eigenvalue weighted by Crippen LogP contribution is 2.32. The molecule has 1 aliphatic carbocycles. The third kappa shape index (κ3) is 1.49. The number of carbonyl (C=O) groups excluding carboxylic acids is 2. The Bertz CT molecular complexity index is 264. The summed E-state index contributed by atoms with van der Waals surface area (Å²) in [6, 6.07) is 0.103. The zero-order valence-electron chi connectivity index (χ0n) is 8.36. The van der Waals surface area contributed by atoms with Gasteiger partial charge in [-0.3, -0.25) is 4.79 Å². The normalized spacial score (nSPS) is 30.6. The molecule has 3 aliphatic rings. The lowest BCUT2D eigenvalue weighted by Gasteiger charge is -2.43. The van der Waals surface area contributed by atoms with Crippen LogP contribution < -0.4 is 0 Å². The molecule has 0 aromatic carbocycles. The molecule has 4 nitrogen and oxygen atoms in total. The van der Waals surface area contributed by atoms with Crippen LogP contribution in [0, 0.1) is 5.92 Å². The first-order valence-corrected chi connectivity index (χ1v) is 5.18. The van der Waals surface area contributed by atoms with Crippen molar-refractivity contribution in [1.82, 2.24) is 4.90 Å². The number of amides is 1. The van der Waals surface area contributed by atoms with E-state index in [1.807, 2.05) is 0 Å². The van der Waals surface area contributed by atoms with Crippen molar-refractivity contribution in [3.63, 3.8) is 0 Å². The van der Waals surface area contributed by atoms with Crippen molar-refractivity contribution in [3.05, 3.63) is 0 Å². The van der Waals surface area contributed by atoms with E-state index in [4.69, 9.17) is 4.74 Å². The van der Waals surface area contributed by atoms with Crippen molar-refractivity contribution in [1.29, 1.82) is 0 Å². The molecular formula is C10H15NO3. The smallest absolute Gasteiger partial charge is 0.410 e. The minimum atomic E-state index is -0.255. The van der Waals surface area contributed by atoms with Crippen LogP contribution in [-0.2, 0) is 9.53 Å². The average molecular weight is 197 g/mol. The Hall–Kier alpha value is -1.06. The lowest BCUT2D eigenvalue weighted by molar-refractivity contribution is -0.131. The van der Waals surface area contributed by atoms with Crippen LogP contribution in [-0.4, -0.2) is 36.0 Å². The van der Waals surface area contributed by atoms with Gasteiger partial charge in [-0.1, -0.05) is 0 Å². The Morgan fingerprint density at radius 2 is 2.36 bits per heavy atom. The summed E-state index contributed by atoms with van der Waals surface area (Å²) in [6.45, 7) is 2.77. The summed E-state index contributed by atoms with van der Waals surface area (Å²) in [5.74, 6) is 0.395. The molecular weight excluding hydrogens is 182 g/mol. The molecule has 3 fully saturated rings. The van der Waals surface area contributed by atoms with Gasteiger partial charge < -0.3 is 9.64 Å². The maximum Gasteiger partial charge on any atom is 0.410 e. The molecule has 14 heavy (non-hydrogen) atoms. The number of Topliss-reactive ketones (excluding diaryl/α,β-unsaturated/α-hetero) is 1. The molecule has 2 atom stereocenters. The van der Waals surface area contributed by atoms with E-state index in [1.54, 1.807) is 11.8 Å². The summed E-state index contributed by atoms with van der Waals surface area (Å²) in [5.41, 5.74) is 0. The predicted molar refractivity (Wildman–Crippen MR) is 49.9 cm³/mol. The number of carbonyl (C=O) groups is 2. The fourth-order valence-corrected chi connectivity index (χ4v) is 2.33. The molecule has 0 aromatic heterocycles. The standard InChI is InChI=1S/C10H15NO3/c1-2-14-10(13)11-6-7-3-4-8(11)5-9(7)12/h7-8H,2-6H2,1H3/t7-,8-/m0/s1. The third-order valence-corrected chi connectivity index (χ3v) is 3.10. The second-order valence-electron chi connectivity index (χ2n) is 3.95. The topological polar surface area (TPSA) is 46.6 Å². The number of hydrogen-bond acceptors (Lipinski definition) is 3. The van der Waals surface area contributed by atoms with Gasteiger partial charge in [0, 0.05) is 24.9 Å². The Kier molecular flexibility index (Phi) is 2.44. The lowest BCUT2D eigenvalue weighted by atomic mass is 9.79. The van der Waals surface area contributed by atoms with E-state index in [0.29, 0.717) is 25.4 Å². The fraction of sp³-hybridized carbons (Fsp3) is 0.800. The molecule has 78 valence electrons. The second kappa shape index (κ2) is 3.59. The molecule has 0 unspecified atom stereocenters. The number of hydrogen-bond donors (Lipinski definition) is 0. The lowest BCUT2D eigenvalue weighted by Crippen LogP contribution is -2.54. The van der Waals surface area contributed by atoms with E-state index < -0.39 is 0 Å². The second-order valence-corrected chi connectivity index (χ2v) is 3.95. The monoisotopic (exact) mass is 197 g/mol. The van der Waals surface area contributed by atoms with Crippen LogP contribution in [0.3, 0.4) is 0 Å². The highest BCUT2D eigenvalue weighted by Gasteiger charge is 2.41. The van der Waals surface area contributed by atoms with Gasteiger partial charge in [0.2, 0.25) is 0 Å². The van der Waals surface area contributed by atoms with E-state index >= 15 is 0 Å². The van der Waals surface area contributed by atoms with Crippen molar-refractivity contribution < 1.29 is 14.3 Å². The molecule has 2 aliphatic heterocycles. The van der Waals surface area contributed by atoms with Crippen molar-refractivity contribution in [3.8, 4) is 0 Å². The van der Waals surface area contributed by atoms with Crippen LogP contribution >= 0.6 is 0 Å². The van der Waals surface area contributed by atoms with Crippen molar-refractivity contribution in [2.75, 3.05) is 13.2 Å². The first-order chi connectivity index (χ1) is 6.72. The van der Waals surface area contributed by atoms with Gasteiger partial charge >= 0.3 is 6.09 Å². The number of nitrogens with zero attached hydrogens (tertiary/aromatic N) is 1.